The summed E-state index contributed by atoms with van der Waals surface area (Å²) < 4.78 is 58.4. The fourth-order valence-corrected chi connectivity index (χ4v) is 4.51. The summed E-state index contributed by atoms with van der Waals surface area (Å²) in [4.78, 5) is 16.6. The van der Waals surface area contributed by atoms with Crippen molar-refractivity contribution in [2.24, 2.45) is 0 Å². The number of halogens is 3. The van der Waals surface area contributed by atoms with Crippen molar-refractivity contribution in [2.45, 2.75) is 52.1 Å². The molecule has 12 heteroatoms. The molecule has 0 saturated carbocycles. The second-order valence-electron chi connectivity index (χ2n) is 10.0. The van der Waals surface area contributed by atoms with E-state index in [1.165, 1.54) is 12.1 Å². The van der Waals surface area contributed by atoms with E-state index in [-0.39, 0.29) is 30.2 Å². The molecular weight excluding hydrogens is 517 g/mol. The van der Waals surface area contributed by atoms with E-state index in [1.54, 1.807) is 42.1 Å². The number of aryl methyl sites for hydroxylation is 1. The SMILES string of the molecule is Cc1oc2ccc(OCc3cccnc3C(F)(F)F)cc2c1C(=O)Nc1ccn(COCC[Si](C)(C)C)n1. The second-order valence-corrected chi connectivity index (χ2v) is 15.7. The predicted octanol–water partition coefficient (Wildman–Crippen LogP) is 6.50. The van der Waals surface area contributed by atoms with Crippen LogP contribution < -0.4 is 10.1 Å². The summed E-state index contributed by atoms with van der Waals surface area (Å²) in [5.74, 6) is 0.579. The van der Waals surface area contributed by atoms with Crippen molar-refractivity contribution in [2.75, 3.05) is 11.9 Å². The number of hydrogen-bond donors (Lipinski definition) is 1. The lowest BCUT2D eigenvalue weighted by atomic mass is 10.1. The van der Waals surface area contributed by atoms with Crippen LogP contribution in [0.5, 0.6) is 5.75 Å². The summed E-state index contributed by atoms with van der Waals surface area (Å²) in [6.45, 7) is 9.08. The quantitative estimate of drug-likeness (QED) is 0.180. The van der Waals surface area contributed by atoms with Crippen LogP contribution in [0.15, 0.2) is 53.2 Å². The maximum atomic E-state index is 13.2. The molecule has 202 valence electrons. The summed E-state index contributed by atoms with van der Waals surface area (Å²) in [5.41, 5.74) is -0.370. The summed E-state index contributed by atoms with van der Waals surface area (Å²) in [6.07, 6.45) is -1.80. The van der Waals surface area contributed by atoms with Crippen LogP contribution in [0, 0.1) is 6.92 Å². The van der Waals surface area contributed by atoms with Crippen LogP contribution in [0.2, 0.25) is 25.7 Å². The molecule has 0 aliphatic rings. The molecule has 0 unspecified atom stereocenters. The highest BCUT2D eigenvalue weighted by Crippen LogP contribution is 2.32. The Labute approximate surface area is 218 Å². The van der Waals surface area contributed by atoms with Gasteiger partial charge in [-0.2, -0.15) is 18.3 Å². The van der Waals surface area contributed by atoms with Crippen molar-refractivity contribution in [3.05, 3.63) is 71.4 Å². The number of fused-ring (bicyclic) bond motifs is 1. The minimum absolute atomic E-state index is 0.0958. The van der Waals surface area contributed by atoms with E-state index in [9.17, 15) is 18.0 Å². The summed E-state index contributed by atoms with van der Waals surface area (Å²) in [7, 11) is -1.19. The van der Waals surface area contributed by atoms with Gasteiger partial charge in [-0.15, -0.1) is 0 Å². The number of pyridine rings is 1. The highest BCUT2D eigenvalue weighted by atomic mass is 28.3. The standard InChI is InChI=1S/C26H29F3N4O4Si/c1-17-23(25(34)31-22-9-11-33(32-22)16-35-12-13-38(2,3)4)20-14-19(7-8-21(20)37-17)36-15-18-6-5-10-30-24(18)26(27,28)29/h5-11,14H,12-13,15-16H2,1-4H3,(H,31,32,34). The van der Waals surface area contributed by atoms with Crippen molar-refractivity contribution >= 4 is 30.8 Å². The van der Waals surface area contributed by atoms with E-state index < -0.39 is 25.9 Å². The first kappa shape index (κ1) is 27.4. The van der Waals surface area contributed by atoms with Crippen LogP contribution in [0.4, 0.5) is 19.0 Å². The molecule has 3 aromatic heterocycles. The van der Waals surface area contributed by atoms with E-state index in [4.69, 9.17) is 13.9 Å². The van der Waals surface area contributed by atoms with Crippen molar-refractivity contribution in [1.29, 1.82) is 0 Å². The molecule has 0 aliphatic heterocycles. The zero-order valence-electron chi connectivity index (χ0n) is 21.6. The number of rotatable bonds is 10. The van der Waals surface area contributed by atoms with Crippen LogP contribution in [0.3, 0.4) is 0 Å². The van der Waals surface area contributed by atoms with Gasteiger partial charge < -0.3 is 19.2 Å². The zero-order chi connectivity index (χ0) is 27.5. The summed E-state index contributed by atoms with van der Waals surface area (Å²) in [6, 6.07) is 10.2. The number of benzene rings is 1. The van der Waals surface area contributed by atoms with Crippen molar-refractivity contribution in [3.63, 3.8) is 0 Å². The molecule has 3 heterocycles. The molecule has 8 nitrogen and oxygen atoms in total. The van der Waals surface area contributed by atoms with Gasteiger partial charge in [-0.25, -0.2) is 4.68 Å². The van der Waals surface area contributed by atoms with Gasteiger partial charge in [0.05, 0.1) is 5.56 Å². The van der Waals surface area contributed by atoms with Crippen LogP contribution in [0.25, 0.3) is 11.0 Å². The lowest BCUT2D eigenvalue weighted by Gasteiger charge is -2.15. The Morgan fingerprint density at radius 2 is 1.97 bits per heavy atom. The molecule has 1 amide bonds. The Bertz CT molecular complexity index is 1430. The number of hydrogen-bond acceptors (Lipinski definition) is 6. The van der Waals surface area contributed by atoms with Crippen LogP contribution in [-0.2, 0) is 24.3 Å². The highest BCUT2D eigenvalue weighted by Gasteiger charge is 2.35. The molecule has 0 radical (unpaired) electrons. The van der Waals surface area contributed by atoms with Crippen LogP contribution in [0.1, 0.15) is 27.4 Å². The largest absolute Gasteiger partial charge is 0.489 e. The average molecular weight is 547 g/mol. The topological polar surface area (TPSA) is 91.4 Å². The first-order valence-electron chi connectivity index (χ1n) is 12.0. The number of amides is 1. The molecule has 0 atom stereocenters. The van der Waals surface area contributed by atoms with E-state index >= 15 is 0 Å². The first-order valence-corrected chi connectivity index (χ1v) is 15.7. The fraction of sp³-hybridized carbons (Fsp3) is 0.346. The number of nitrogens with one attached hydrogen (secondary N) is 1. The van der Waals surface area contributed by atoms with Crippen LogP contribution in [-0.4, -0.2) is 35.4 Å². The first-order chi connectivity index (χ1) is 17.9. The van der Waals surface area contributed by atoms with Gasteiger partial charge in [0.15, 0.2) is 11.5 Å². The van der Waals surface area contributed by atoms with E-state index in [0.717, 1.165) is 12.2 Å². The van der Waals surface area contributed by atoms with Gasteiger partial charge in [0.25, 0.3) is 5.91 Å². The number of anilines is 1. The number of alkyl halides is 3. The van der Waals surface area contributed by atoms with Crippen molar-refractivity contribution in [3.8, 4) is 5.75 Å². The molecule has 0 fully saturated rings. The van der Waals surface area contributed by atoms with Gasteiger partial charge in [-0.05, 0) is 37.2 Å². The maximum absolute atomic E-state index is 13.2. The van der Waals surface area contributed by atoms with E-state index in [2.05, 4.69) is 35.0 Å². The zero-order valence-corrected chi connectivity index (χ0v) is 22.6. The number of carbonyl (C=O) groups is 1. The number of furan rings is 1. The number of carbonyl (C=O) groups excluding carboxylic acids is 1. The third-order valence-electron chi connectivity index (χ3n) is 5.72. The Balaban J connectivity index is 1.45. The van der Waals surface area contributed by atoms with Gasteiger partial charge in [0.2, 0.25) is 0 Å². The fourth-order valence-electron chi connectivity index (χ4n) is 3.76. The molecule has 1 aromatic carbocycles. The minimum Gasteiger partial charge on any atom is -0.489 e. The summed E-state index contributed by atoms with van der Waals surface area (Å²) in [5, 5.41) is 7.56. The Morgan fingerprint density at radius 1 is 1.18 bits per heavy atom. The van der Waals surface area contributed by atoms with Gasteiger partial charge >= 0.3 is 6.18 Å². The molecule has 0 saturated heterocycles. The van der Waals surface area contributed by atoms with Gasteiger partial charge in [-0.3, -0.25) is 9.78 Å². The average Bonchev–Trinajstić information content (AvgIpc) is 3.42. The predicted molar refractivity (Wildman–Crippen MR) is 139 cm³/mol. The van der Waals surface area contributed by atoms with E-state index in [0.29, 0.717) is 29.2 Å². The molecule has 0 spiro atoms. The maximum Gasteiger partial charge on any atom is 0.433 e. The van der Waals surface area contributed by atoms with Crippen molar-refractivity contribution in [1.82, 2.24) is 14.8 Å². The molecule has 4 rings (SSSR count). The summed E-state index contributed by atoms with van der Waals surface area (Å²) >= 11 is 0. The number of aromatic nitrogens is 3. The molecule has 0 aliphatic carbocycles. The Hall–Kier alpha value is -3.64. The minimum atomic E-state index is -4.59. The Kier molecular flexibility index (Phi) is 7.93. The Morgan fingerprint density at radius 3 is 2.71 bits per heavy atom. The molecular formula is C26H29F3N4O4Si. The number of nitrogens with zero attached hydrogens (tertiary/aromatic N) is 3. The third kappa shape index (κ3) is 6.81. The monoisotopic (exact) mass is 546 g/mol. The molecule has 4 aromatic rings. The number of ether oxygens (including phenoxy) is 2. The van der Waals surface area contributed by atoms with Crippen LogP contribution >= 0.6 is 0 Å². The normalized spacial score (nSPS) is 12.2. The van der Waals surface area contributed by atoms with Gasteiger partial charge in [0.1, 0.15) is 30.4 Å². The second kappa shape index (κ2) is 11.0. The lowest BCUT2D eigenvalue weighted by molar-refractivity contribution is -0.142. The molecule has 38 heavy (non-hydrogen) atoms. The van der Waals surface area contributed by atoms with Gasteiger partial charge in [0, 0.05) is 44.1 Å². The molecule has 0 bridgehead atoms. The lowest BCUT2D eigenvalue weighted by Crippen LogP contribution is -2.22. The molecule has 1 N–H and O–H groups in total. The third-order valence-corrected chi connectivity index (χ3v) is 7.42. The highest BCUT2D eigenvalue weighted by molar-refractivity contribution is 6.76. The van der Waals surface area contributed by atoms with Gasteiger partial charge in [-0.1, -0.05) is 25.7 Å². The smallest absolute Gasteiger partial charge is 0.433 e. The van der Waals surface area contributed by atoms with E-state index in [1.807, 2.05) is 0 Å². The van der Waals surface area contributed by atoms with Crippen molar-refractivity contribution < 1.29 is 31.9 Å².